The Morgan fingerprint density at radius 1 is 0.400 bits per heavy atom. The Bertz CT molecular complexity index is 3000. The van der Waals surface area contributed by atoms with Crippen molar-refractivity contribution in [2.75, 3.05) is 0 Å². The Morgan fingerprint density at radius 2 is 1.00 bits per heavy atom. The molecule has 0 spiro atoms. The van der Waals surface area contributed by atoms with E-state index in [1.807, 2.05) is 0 Å². The van der Waals surface area contributed by atoms with E-state index in [1.165, 1.54) is 43.4 Å². The van der Waals surface area contributed by atoms with Crippen molar-refractivity contribution in [3.63, 3.8) is 0 Å². The predicted molar refractivity (Wildman–Crippen MR) is 228 cm³/mol. The van der Waals surface area contributed by atoms with Crippen LogP contribution in [0.3, 0.4) is 0 Å². The lowest BCUT2D eigenvalue weighted by Crippen LogP contribution is -2.44. The third-order valence-electron chi connectivity index (χ3n) is 11.3. The molecule has 1 saturated heterocycles. The van der Waals surface area contributed by atoms with Gasteiger partial charge in [0.1, 0.15) is 11.2 Å². The molecule has 4 heteroatoms. The molecule has 1 fully saturated rings. The van der Waals surface area contributed by atoms with E-state index in [1.54, 1.807) is 0 Å². The molecule has 10 aromatic rings. The van der Waals surface area contributed by atoms with E-state index in [2.05, 4.69) is 199 Å². The van der Waals surface area contributed by atoms with Crippen LogP contribution in [0.25, 0.3) is 81.8 Å². The smallest absolute Gasteiger partial charge is 0.136 e. The number of furan rings is 1. The topological polar surface area (TPSA) is 51.3 Å². The molecule has 1 aliphatic rings. The molecule has 55 heavy (non-hydrogen) atoms. The van der Waals surface area contributed by atoms with Gasteiger partial charge in [0, 0.05) is 10.8 Å². The molecule has 11 rings (SSSR count). The summed E-state index contributed by atoms with van der Waals surface area (Å²) in [5, 5.41) is 22.4. The molecule has 0 radical (unpaired) electrons. The highest BCUT2D eigenvalue weighted by Crippen LogP contribution is 2.45. The zero-order valence-electron chi connectivity index (χ0n) is 30.0. The van der Waals surface area contributed by atoms with E-state index in [4.69, 9.17) is 9.73 Å². The highest BCUT2D eigenvalue weighted by Gasteiger charge is 2.25. The molecule has 1 aromatic heterocycles. The van der Waals surface area contributed by atoms with Crippen LogP contribution in [0, 0.1) is 0 Å². The van der Waals surface area contributed by atoms with Gasteiger partial charge in [-0.15, -0.1) is 0 Å². The fourth-order valence-corrected chi connectivity index (χ4v) is 8.56. The van der Waals surface area contributed by atoms with Crippen LogP contribution >= 0.6 is 0 Å². The molecular weight excluding hydrogens is 671 g/mol. The Kier molecular flexibility index (Phi) is 7.59. The standard InChI is InChI=1S/C51H36N3O/c1-3-14-33(15-4-1)49-52-50(34-16-5-2-6-17-34)54-51(53-49)43-26-25-42(40-21-11-12-22-41(40)43)44-29-39(38-24-23-32-13-7-8-18-35(32)27-38)31-47-48(44)45-28-36-19-9-10-20-37(36)30-46(45)55-47/h1-31,49-51,53-54H/q-1. The summed E-state index contributed by atoms with van der Waals surface area (Å²) < 4.78 is 6.78. The van der Waals surface area contributed by atoms with Crippen molar-refractivity contribution in [2.24, 2.45) is 0 Å². The highest BCUT2D eigenvalue weighted by molar-refractivity contribution is 6.19. The second-order valence-electron chi connectivity index (χ2n) is 14.5. The Hall–Kier alpha value is -6.56. The van der Waals surface area contributed by atoms with Gasteiger partial charge in [-0.2, -0.15) is 0 Å². The third kappa shape index (κ3) is 5.58. The summed E-state index contributed by atoms with van der Waals surface area (Å²) in [5.41, 5.74) is 9.85. The maximum Gasteiger partial charge on any atom is 0.136 e. The van der Waals surface area contributed by atoms with Gasteiger partial charge < -0.3 is 20.4 Å². The van der Waals surface area contributed by atoms with E-state index in [-0.39, 0.29) is 18.5 Å². The number of benzene rings is 9. The molecular formula is C51H36N3O-. The second-order valence-corrected chi connectivity index (χ2v) is 14.5. The molecule has 0 saturated carbocycles. The van der Waals surface area contributed by atoms with Gasteiger partial charge in [-0.25, -0.2) is 0 Å². The van der Waals surface area contributed by atoms with Crippen LogP contribution in [0.15, 0.2) is 192 Å². The SMILES string of the molecule is c1ccc(C2[N-]C(c3ccccc3)NC(c3ccc(-c4cc(-c5ccc6ccccc6c5)cc5oc6cc7ccccc7cc6c45)c4ccccc34)N2)cc1. The van der Waals surface area contributed by atoms with Gasteiger partial charge in [-0.3, -0.25) is 0 Å². The van der Waals surface area contributed by atoms with Crippen molar-refractivity contribution >= 4 is 54.3 Å². The fourth-order valence-electron chi connectivity index (χ4n) is 8.56. The lowest BCUT2D eigenvalue weighted by atomic mass is 9.89. The van der Waals surface area contributed by atoms with Crippen LogP contribution in [0.1, 0.15) is 35.2 Å². The van der Waals surface area contributed by atoms with Gasteiger partial charge in [0.25, 0.3) is 0 Å². The lowest BCUT2D eigenvalue weighted by molar-refractivity contribution is 0.318. The summed E-state index contributed by atoms with van der Waals surface area (Å²) in [6, 6.07) is 67.3. The maximum atomic E-state index is 6.78. The summed E-state index contributed by atoms with van der Waals surface area (Å²) in [6.07, 6.45) is -0.514. The van der Waals surface area contributed by atoms with E-state index in [9.17, 15) is 0 Å². The zero-order valence-corrected chi connectivity index (χ0v) is 30.0. The Morgan fingerprint density at radius 3 is 1.71 bits per heavy atom. The minimum absolute atomic E-state index is 0.156. The fraction of sp³-hybridized carbons (Fsp3) is 0.0588. The number of rotatable bonds is 5. The molecule has 1 aliphatic heterocycles. The minimum Gasteiger partial charge on any atom is -0.624 e. The van der Waals surface area contributed by atoms with Crippen molar-refractivity contribution in [3.05, 3.63) is 210 Å². The van der Waals surface area contributed by atoms with E-state index < -0.39 is 0 Å². The first-order valence-electron chi connectivity index (χ1n) is 19.0. The molecule has 0 amide bonds. The zero-order chi connectivity index (χ0) is 36.3. The van der Waals surface area contributed by atoms with Crippen molar-refractivity contribution in [2.45, 2.75) is 18.5 Å². The minimum atomic E-state index is -0.179. The molecule has 2 atom stereocenters. The summed E-state index contributed by atoms with van der Waals surface area (Å²) >= 11 is 0. The molecule has 4 nitrogen and oxygen atoms in total. The molecule has 262 valence electrons. The van der Waals surface area contributed by atoms with Crippen LogP contribution in [0.2, 0.25) is 0 Å². The van der Waals surface area contributed by atoms with Gasteiger partial charge in [0.15, 0.2) is 0 Å². The maximum absolute atomic E-state index is 6.78. The Balaban J connectivity index is 1.11. The van der Waals surface area contributed by atoms with Gasteiger partial charge in [0.2, 0.25) is 0 Å². The molecule has 2 heterocycles. The number of hydrogen-bond donors (Lipinski definition) is 2. The van der Waals surface area contributed by atoms with Crippen molar-refractivity contribution in [1.29, 1.82) is 0 Å². The largest absolute Gasteiger partial charge is 0.624 e. The first-order valence-corrected chi connectivity index (χ1v) is 19.0. The van der Waals surface area contributed by atoms with E-state index >= 15 is 0 Å². The average molecular weight is 707 g/mol. The summed E-state index contributed by atoms with van der Waals surface area (Å²) in [6.45, 7) is 0. The average Bonchev–Trinajstić information content (AvgIpc) is 3.62. The van der Waals surface area contributed by atoms with Crippen molar-refractivity contribution in [1.82, 2.24) is 10.6 Å². The van der Waals surface area contributed by atoms with Crippen molar-refractivity contribution < 1.29 is 4.42 Å². The highest BCUT2D eigenvalue weighted by atomic mass is 16.3. The van der Waals surface area contributed by atoms with Crippen LogP contribution in [0.4, 0.5) is 0 Å². The van der Waals surface area contributed by atoms with Gasteiger partial charge >= 0.3 is 0 Å². The van der Waals surface area contributed by atoms with Gasteiger partial charge in [-0.05, 0) is 90.5 Å². The Labute approximate surface area is 319 Å². The first-order chi connectivity index (χ1) is 27.2. The number of nitrogens with one attached hydrogen (secondary N) is 2. The van der Waals surface area contributed by atoms with Crippen molar-refractivity contribution in [3.8, 4) is 22.3 Å². The van der Waals surface area contributed by atoms with Gasteiger partial charge in [-0.1, -0.05) is 181 Å². The summed E-state index contributed by atoms with van der Waals surface area (Å²) in [5.74, 6) is 0. The van der Waals surface area contributed by atoms with Gasteiger partial charge in [0.05, 0.1) is 6.17 Å². The van der Waals surface area contributed by atoms with E-state index in [0.717, 1.165) is 49.8 Å². The molecule has 2 unspecified atom stereocenters. The van der Waals surface area contributed by atoms with Crippen LogP contribution < -0.4 is 10.6 Å². The van der Waals surface area contributed by atoms with E-state index in [0.29, 0.717) is 0 Å². The molecule has 0 aliphatic carbocycles. The lowest BCUT2D eigenvalue weighted by Gasteiger charge is -2.50. The quantitative estimate of drug-likeness (QED) is 0.187. The molecule has 0 bridgehead atoms. The second kappa shape index (κ2) is 13.1. The first kappa shape index (κ1) is 31.9. The normalized spacial score (nSPS) is 17.4. The molecule has 9 aromatic carbocycles. The predicted octanol–water partition coefficient (Wildman–Crippen LogP) is 13.3. The third-order valence-corrected chi connectivity index (χ3v) is 11.3. The number of hydrogen-bond acceptors (Lipinski definition) is 3. The summed E-state index contributed by atoms with van der Waals surface area (Å²) in [4.78, 5) is 0. The molecule has 2 N–H and O–H groups in total. The summed E-state index contributed by atoms with van der Waals surface area (Å²) in [7, 11) is 0. The number of nitrogens with zero attached hydrogens (tertiary/aromatic N) is 1. The van der Waals surface area contributed by atoms with Crippen LogP contribution in [-0.4, -0.2) is 0 Å². The number of fused-ring (bicyclic) bond motifs is 6. The monoisotopic (exact) mass is 706 g/mol. The van der Waals surface area contributed by atoms with Crippen LogP contribution in [0.5, 0.6) is 0 Å². The van der Waals surface area contributed by atoms with Crippen LogP contribution in [-0.2, 0) is 0 Å².